The maximum Gasteiger partial charge on any atom is 0.343 e. The van der Waals surface area contributed by atoms with E-state index in [1.54, 1.807) is 49.8 Å². The highest BCUT2D eigenvalue weighted by atomic mass is 16.5. The summed E-state index contributed by atoms with van der Waals surface area (Å²) in [5.41, 5.74) is 7.13. The van der Waals surface area contributed by atoms with Crippen molar-refractivity contribution in [3.8, 4) is 11.8 Å². The summed E-state index contributed by atoms with van der Waals surface area (Å²) in [7, 11) is 1.27. The summed E-state index contributed by atoms with van der Waals surface area (Å²) in [6, 6.07) is 6.95. The predicted octanol–water partition coefficient (Wildman–Crippen LogP) is 2.34. The molecule has 4 aromatic rings. The molecule has 12 heteroatoms. The van der Waals surface area contributed by atoms with Gasteiger partial charge >= 0.3 is 5.97 Å². The molecule has 12 nitrogen and oxygen atoms in total. The maximum atomic E-state index is 12.2. The van der Waals surface area contributed by atoms with Gasteiger partial charge in [-0.05, 0) is 25.1 Å². The Kier molecular flexibility index (Phi) is 4.95. The van der Waals surface area contributed by atoms with Crippen molar-refractivity contribution in [1.82, 2.24) is 34.5 Å². The molecular formula is C18H16N10O2. The number of ether oxygens (including phenoxy) is 1. The minimum atomic E-state index is -0.607. The number of hydrogen-bond acceptors (Lipinski definition) is 10. The zero-order chi connectivity index (χ0) is 21.1. The minimum absolute atomic E-state index is 0.127. The highest BCUT2D eigenvalue weighted by Gasteiger charge is 2.21. The number of nitrogens with two attached hydrogens (primary N) is 1. The largest absolute Gasteiger partial charge is 0.465 e. The van der Waals surface area contributed by atoms with Gasteiger partial charge in [0.15, 0.2) is 23.1 Å². The van der Waals surface area contributed by atoms with Gasteiger partial charge in [-0.25, -0.2) is 19.7 Å². The monoisotopic (exact) mass is 404 g/mol. The van der Waals surface area contributed by atoms with Gasteiger partial charge < -0.3 is 10.5 Å². The summed E-state index contributed by atoms with van der Waals surface area (Å²) in [6.45, 7) is 1.72. The van der Waals surface area contributed by atoms with Crippen LogP contribution in [0.4, 0.5) is 17.3 Å². The Morgan fingerprint density at radius 2 is 1.83 bits per heavy atom. The molecular weight excluding hydrogens is 388 g/mol. The van der Waals surface area contributed by atoms with Crippen molar-refractivity contribution in [2.24, 2.45) is 10.2 Å². The van der Waals surface area contributed by atoms with E-state index in [0.29, 0.717) is 23.1 Å². The number of aryl methyl sites for hydroxylation is 1. The summed E-state index contributed by atoms with van der Waals surface area (Å²) in [5.74, 6) is 0.492. The second-order valence-corrected chi connectivity index (χ2v) is 5.95. The normalized spacial score (nSPS) is 11.1. The fourth-order valence-electron chi connectivity index (χ4n) is 2.65. The van der Waals surface area contributed by atoms with E-state index >= 15 is 0 Å². The van der Waals surface area contributed by atoms with Crippen LogP contribution in [0.3, 0.4) is 0 Å². The SMILES string of the molecule is COC(=O)c1cnn(-c2ccccn2)c1/N=N/c1c(C)nn(-c2ncccn2)c1N. The van der Waals surface area contributed by atoms with Gasteiger partial charge in [0.05, 0.1) is 19.0 Å². The molecule has 4 rings (SSSR count). The minimum Gasteiger partial charge on any atom is -0.465 e. The van der Waals surface area contributed by atoms with Crippen LogP contribution < -0.4 is 5.73 Å². The lowest BCUT2D eigenvalue weighted by Gasteiger charge is -2.03. The van der Waals surface area contributed by atoms with Crippen LogP contribution in [-0.2, 0) is 4.74 Å². The number of rotatable bonds is 5. The molecule has 0 spiro atoms. The summed E-state index contributed by atoms with van der Waals surface area (Å²) < 4.78 is 7.56. The van der Waals surface area contributed by atoms with Crippen molar-refractivity contribution in [1.29, 1.82) is 0 Å². The van der Waals surface area contributed by atoms with Crippen LogP contribution in [0, 0.1) is 6.92 Å². The molecule has 2 N–H and O–H groups in total. The van der Waals surface area contributed by atoms with Crippen molar-refractivity contribution in [2.75, 3.05) is 12.8 Å². The zero-order valence-electron chi connectivity index (χ0n) is 16.0. The Labute approximate surface area is 170 Å². The van der Waals surface area contributed by atoms with Gasteiger partial charge in [0.25, 0.3) is 5.95 Å². The molecule has 0 atom stereocenters. The van der Waals surface area contributed by atoms with E-state index < -0.39 is 5.97 Å². The van der Waals surface area contributed by atoms with Crippen LogP contribution in [-0.4, -0.2) is 47.6 Å². The van der Waals surface area contributed by atoms with Gasteiger partial charge in [-0.15, -0.1) is 10.2 Å². The van der Waals surface area contributed by atoms with E-state index in [1.807, 2.05) is 0 Å². The number of carbonyl (C=O) groups is 1. The van der Waals surface area contributed by atoms with Crippen LogP contribution in [0.25, 0.3) is 11.8 Å². The van der Waals surface area contributed by atoms with Gasteiger partial charge in [0.1, 0.15) is 5.56 Å². The second kappa shape index (κ2) is 7.87. The van der Waals surface area contributed by atoms with Crippen LogP contribution in [0.2, 0.25) is 0 Å². The molecule has 0 saturated heterocycles. The van der Waals surface area contributed by atoms with Crippen molar-refractivity contribution in [3.63, 3.8) is 0 Å². The van der Waals surface area contributed by atoms with Crippen molar-refractivity contribution in [3.05, 3.63) is 60.3 Å². The Balaban J connectivity index is 1.79. The van der Waals surface area contributed by atoms with Crippen molar-refractivity contribution in [2.45, 2.75) is 6.92 Å². The lowest BCUT2D eigenvalue weighted by molar-refractivity contribution is 0.0601. The Bertz CT molecular complexity index is 1210. The standard InChI is InChI=1S/C18H16N10O2/c1-11-14(15(19)28(26-11)18-21-8-5-9-22-18)24-25-16-12(17(29)30-2)10-23-27(16)13-6-3-4-7-20-13/h3-10H,19H2,1-2H3/b25-24+. The molecule has 150 valence electrons. The smallest absolute Gasteiger partial charge is 0.343 e. The number of methoxy groups -OCH3 is 1. The van der Waals surface area contributed by atoms with E-state index in [2.05, 4.69) is 35.4 Å². The zero-order valence-corrected chi connectivity index (χ0v) is 16.0. The van der Waals surface area contributed by atoms with Crippen molar-refractivity contribution >= 4 is 23.3 Å². The molecule has 0 aliphatic carbocycles. The molecule has 0 radical (unpaired) electrons. The molecule has 30 heavy (non-hydrogen) atoms. The third kappa shape index (κ3) is 3.37. The number of nitrogens with zero attached hydrogens (tertiary/aromatic N) is 9. The van der Waals surface area contributed by atoms with E-state index in [1.165, 1.54) is 22.7 Å². The van der Waals surface area contributed by atoms with E-state index in [0.717, 1.165) is 0 Å². The lowest BCUT2D eigenvalue weighted by Crippen LogP contribution is -2.05. The average Bonchev–Trinajstić information content (AvgIpc) is 3.33. The van der Waals surface area contributed by atoms with Gasteiger partial charge in [0.2, 0.25) is 0 Å². The molecule has 0 aliphatic rings. The summed E-state index contributed by atoms with van der Waals surface area (Å²) in [6.07, 6.45) is 6.09. The Hall–Kier alpha value is -4.48. The highest BCUT2D eigenvalue weighted by Crippen LogP contribution is 2.31. The fourth-order valence-corrected chi connectivity index (χ4v) is 2.65. The quantitative estimate of drug-likeness (QED) is 0.393. The molecule has 0 bridgehead atoms. The average molecular weight is 404 g/mol. The van der Waals surface area contributed by atoms with Crippen LogP contribution in [0.15, 0.2) is 59.3 Å². The number of azo groups is 1. The molecule has 0 aromatic carbocycles. The highest BCUT2D eigenvalue weighted by molar-refractivity contribution is 5.94. The van der Waals surface area contributed by atoms with E-state index in [4.69, 9.17) is 10.5 Å². The first-order valence-corrected chi connectivity index (χ1v) is 8.72. The molecule has 0 saturated carbocycles. The van der Waals surface area contributed by atoms with Crippen LogP contribution >= 0.6 is 0 Å². The number of hydrogen-bond donors (Lipinski definition) is 1. The number of nitrogen functional groups attached to an aromatic ring is 1. The second-order valence-electron chi connectivity index (χ2n) is 5.95. The summed E-state index contributed by atoms with van der Waals surface area (Å²) in [5, 5.41) is 17.0. The first-order chi connectivity index (χ1) is 14.6. The van der Waals surface area contributed by atoms with Gasteiger partial charge in [-0.1, -0.05) is 6.07 Å². The summed E-state index contributed by atoms with van der Waals surface area (Å²) in [4.78, 5) is 24.6. The van der Waals surface area contributed by atoms with Crippen molar-refractivity contribution < 1.29 is 9.53 Å². The number of anilines is 1. The van der Waals surface area contributed by atoms with Crippen LogP contribution in [0.5, 0.6) is 0 Å². The maximum absolute atomic E-state index is 12.2. The van der Waals surface area contributed by atoms with Gasteiger partial charge in [-0.2, -0.15) is 19.6 Å². The molecule has 0 unspecified atom stereocenters. The van der Waals surface area contributed by atoms with Gasteiger partial charge in [-0.3, -0.25) is 0 Å². The first kappa shape index (κ1) is 18.9. The van der Waals surface area contributed by atoms with Crippen LogP contribution in [0.1, 0.15) is 16.1 Å². The van der Waals surface area contributed by atoms with E-state index in [-0.39, 0.29) is 17.2 Å². The first-order valence-electron chi connectivity index (χ1n) is 8.72. The number of esters is 1. The molecule has 4 heterocycles. The third-order valence-corrected chi connectivity index (χ3v) is 4.07. The molecule has 4 aromatic heterocycles. The molecule has 0 aliphatic heterocycles. The number of carbonyl (C=O) groups excluding carboxylic acids is 1. The third-order valence-electron chi connectivity index (χ3n) is 4.07. The van der Waals surface area contributed by atoms with E-state index in [9.17, 15) is 4.79 Å². The predicted molar refractivity (Wildman–Crippen MR) is 105 cm³/mol. The fraction of sp³-hybridized carbons (Fsp3) is 0.111. The van der Waals surface area contributed by atoms with Gasteiger partial charge in [0, 0.05) is 18.6 Å². The lowest BCUT2D eigenvalue weighted by atomic mass is 10.3. The number of pyridine rings is 1. The summed E-state index contributed by atoms with van der Waals surface area (Å²) >= 11 is 0. The Morgan fingerprint density at radius 1 is 1.07 bits per heavy atom. The topological polar surface area (TPSA) is 151 Å². The molecule has 0 amide bonds. The number of aromatic nitrogens is 7. The Morgan fingerprint density at radius 3 is 2.53 bits per heavy atom. The molecule has 0 fully saturated rings.